The lowest BCUT2D eigenvalue weighted by Crippen LogP contribution is -2.35. The molecule has 0 radical (unpaired) electrons. The molecule has 0 aromatic heterocycles. The molecule has 1 rings (SSSR count). The van der Waals surface area contributed by atoms with Crippen molar-refractivity contribution in [3.05, 3.63) is 0 Å². The molecule has 0 aliphatic heterocycles. The summed E-state index contributed by atoms with van der Waals surface area (Å²) in [7, 11) is 1.80. The Hall–Kier alpha value is -0.350. The summed E-state index contributed by atoms with van der Waals surface area (Å²) in [6.45, 7) is 0.886. The van der Waals surface area contributed by atoms with Crippen molar-refractivity contribution >= 4 is 17.3 Å². The monoisotopic (exact) mass is 188 g/mol. The number of rotatable bonds is 2. The quantitative estimate of drug-likeness (QED) is 0.543. The minimum Gasteiger partial charge on any atom is -0.393 e. The van der Waals surface area contributed by atoms with Gasteiger partial charge < -0.3 is 15.7 Å². The van der Waals surface area contributed by atoms with Crippen molar-refractivity contribution in [3.63, 3.8) is 0 Å². The van der Waals surface area contributed by atoms with Crippen LogP contribution in [0.5, 0.6) is 0 Å². The highest BCUT2D eigenvalue weighted by atomic mass is 32.1. The fourth-order valence-corrected chi connectivity index (χ4v) is 1.64. The van der Waals surface area contributed by atoms with E-state index in [1.165, 1.54) is 0 Å². The molecule has 70 valence electrons. The Morgan fingerprint density at radius 1 is 1.58 bits per heavy atom. The van der Waals surface area contributed by atoms with Gasteiger partial charge in [0, 0.05) is 13.6 Å². The van der Waals surface area contributed by atoms with Crippen LogP contribution in [-0.2, 0) is 0 Å². The highest BCUT2D eigenvalue weighted by Crippen LogP contribution is 2.24. The van der Waals surface area contributed by atoms with Gasteiger partial charge in [-0.3, -0.25) is 0 Å². The number of nitrogens with one attached hydrogen (secondary N) is 2. The highest BCUT2D eigenvalue weighted by molar-refractivity contribution is 7.80. The van der Waals surface area contributed by atoms with E-state index in [-0.39, 0.29) is 6.10 Å². The molecule has 1 fully saturated rings. The molecule has 0 bridgehead atoms. The van der Waals surface area contributed by atoms with Gasteiger partial charge in [0.05, 0.1) is 6.10 Å². The Morgan fingerprint density at radius 3 is 2.83 bits per heavy atom. The maximum absolute atomic E-state index is 9.25. The average Bonchev–Trinajstić information content (AvgIpc) is 2.47. The molecular formula is C8H16N2OS. The van der Waals surface area contributed by atoms with E-state index in [1.54, 1.807) is 7.05 Å². The maximum atomic E-state index is 9.25. The van der Waals surface area contributed by atoms with Crippen molar-refractivity contribution in [2.75, 3.05) is 13.6 Å². The van der Waals surface area contributed by atoms with E-state index < -0.39 is 0 Å². The molecule has 0 aromatic carbocycles. The van der Waals surface area contributed by atoms with Crippen molar-refractivity contribution < 1.29 is 5.11 Å². The summed E-state index contributed by atoms with van der Waals surface area (Å²) in [6, 6.07) is 0. The van der Waals surface area contributed by atoms with Crippen LogP contribution in [0.15, 0.2) is 0 Å². The lowest BCUT2D eigenvalue weighted by atomic mass is 10.1. The van der Waals surface area contributed by atoms with Gasteiger partial charge in [0.1, 0.15) is 0 Å². The van der Waals surface area contributed by atoms with Crippen LogP contribution in [0.25, 0.3) is 0 Å². The summed E-state index contributed by atoms with van der Waals surface area (Å²) < 4.78 is 0. The first kappa shape index (κ1) is 9.74. The Labute approximate surface area is 78.5 Å². The van der Waals surface area contributed by atoms with Gasteiger partial charge >= 0.3 is 0 Å². The highest BCUT2D eigenvalue weighted by Gasteiger charge is 2.22. The normalized spacial score (nSPS) is 28.5. The van der Waals surface area contributed by atoms with E-state index in [1.807, 2.05) is 0 Å². The Morgan fingerprint density at radius 2 is 2.33 bits per heavy atom. The van der Waals surface area contributed by atoms with Crippen LogP contribution >= 0.6 is 12.2 Å². The second kappa shape index (κ2) is 4.62. The molecule has 4 heteroatoms. The SMILES string of the molecule is CNC(=S)NCC1CCC(O)C1. The van der Waals surface area contributed by atoms with Crippen LogP contribution < -0.4 is 10.6 Å². The Kier molecular flexibility index (Phi) is 3.75. The first-order valence-electron chi connectivity index (χ1n) is 4.36. The second-order valence-corrected chi connectivity index (χ2v) is 3.70. The summed E-state index contributed by atoms with van der Waals surface area (Å²) in [4.78, 5) is 0. The van der Waals surface area contributed by atoms with Crippen molar-refractivity contribution in [2.45, 2.75) is 25.4 Å². The van der Waals surface area contributed by atoms with E-state index in [9.17, 15) is 5.11 Å². The molecule has 0 amide bonds. The van der Waals surface area contributed by atoms with E-state index in [2.05, 4.69) is 10.6 Å². The fourth-order valence-electron chi connectivity index (χ4n) is 1.56. The zero-order valence-electron chi connectivity index (χ0n) is 7.34. The minimum atomic E-state index is -0.0834. The van der Waals surface area contributed by atoms with Crippen LogP contribution in [0.4, 0.5) is 0 Å². The third-order valence-corrected chi connectivity index (χ3v) is 2.64. The molecule has 12 heavy (non-hydrogen) atoms. The van der Waals surface area contributed by atoms with Gasteiger partial charge in [-0.05, 0) is 37.4 Å². The van der Waals surface area contributed by atoms with E-state index in [0.29, 0.717) is 11.0 Å². The third kappa shape index (κ3) is 2.95. The Balaban J connectivity index is 2.11. The second-order valence-electron chi connectivity index (χ2n) is 3.29. The van der Waals surface area contributed by atoms with Crippen LogP contribution in [-0.4, -0.2) is 29.9 Å². The smallest absolute Gasteiger partial charge is 0.166 e. The number of aliphatic hydroxyl groups excluding tert-OH is 1. The zero-order valence-corrected chi connectivity index (χ0v) is 8.16. The molecule has 0 saturated heterocycles. The van der Waals surface area contributed by atoms with Crippen LogP contribution in [0, 0.1) is 5.92 Å². The van der Waals surface area contributed by atoms with E-state index >= 15 is 0 Å². The molecule has 2 atom stereocenters. The number of hydrogen-bond acceptors (Lipinski definition) is 2. The molecule has 1 saturated carbocycles. The standard InChI is InChI=1S/C8H16N2OS/c1-9-8(12)10-5-6-2-3-7(11)4-6/h6-7,11H,2-5H2,1H3,(H2,9,10,12). The van der Waals surface area contributed by atoms with Crippen molar-refractivity contribution in [3.8, 4) is 0 Å². The molecule has 2 unspecified atom stereocenters. The summed E-state index contributed by atoms with van der Waals surface area (Å²) >= 11 is 4.93. The molecule has 3 N–H and O–H groups in total. The molecule has 3 nitrogen and oxygen atoms in total. The predicted molar refractivity (Wildman–Crippen MR) is 53.0 cm³/mol. The van der Waals surface area contributed by atoms with Gasteiger partial charge in [-0.25, -0.2) is 0 Å². The lowest BCUT2D eigenvalue weighted by molar-refractivity contribution is 0.178. The first-order chi connectivity index (χ1) is 5.72. The maximum Gasteiger partial charge on any atom is 0.166 e. The zero-order chi connectivity index (χ0) is 8.97. The first-order valence-corrected chi connectivity index (χ1v) is 4.77. The molecule has 1 aliphatic rings. The topological polar surface area (TPSA) is 44.3 Å². The van der Waals surface area contributed by atoms with Crippen LogP contribution in [0.3, 0.4) is 0 Å². The minimum absolute atomic E-state index is 0.0834. The Bertz CT molecular complexity index is 163. The number of hydrogen-bond donors (Lipinski definition) is 3. The number of aliphatic hydroxyl groups is 1. The van der Waals surface area contributed by atoms with Gasteiger partial charge in [-0.15, -0.1) is 0 Å². The predicted octanol–water partition coefficient (Wildman–Crippen LogP) is 0.241. The van der Waals surface area contributed by atoms with Crippen LogP contribution in [0.2, 0.25) is 0 Å². The van der Waals surface area contributed by atoms with Gasteiger partial charge in [-0.1, -0.05) is 0 Å². The molecule has 0 spiro atoms. The summed E-state index contributed by atoms with van der Waals surface area (Å²) in [5.41, 5.74) is 0. The number of thiocarbonyl (C=S) groups is 1. The molecule has 0 heterocycles. The molecular weight excluding hydrogens is 172 g/mol. The van der Waals surface area contributed by atoms with Gasteiger partial charge in [0.25, 0.3) is 0 Å². The van der Waals surface area contributed by atoms with Crippen molar-refractivity contribution in [1.29, 1.82) is 0 Å². The largest absolute Gasteiger partial charge is 0.393 e. The van der Waals surface area contributed by atoms with Crippen molar-refractivity contribution in [1.82, 2.24) is 10.6 Å². The van der Waals surface area contributed by atoms with Gasteiger partial charge in [0.15, 0.2) is 5.11 Å². The van der Waals surface area contributed by atoms with Crippen molar-refractivity contribution in [2.24, 2.45) is 5.92 Å². The summed E-state index contributed by atoms with van der Waals surface area (Å²) in [5.74, 6) is 0.589. The molecule has 1 aliphatic carbocycles. The van der Waals surface area contributed by atoms with E-state index in [4.69, 9.17) is 12.2 Å². The van der Waals surface area contributed by atoms with Gasteiger partial charge in [0.2, 0.25) is 0 Å². The lowest BCUT2D eigenvalue weighted by Gasteiger charge is -2.11. The average molecular weight is 188 g/mol. The fraction of sp³-hybridized carbons (Fsp3) is 0.875. The summed E-state index contributed by atoms with van der Waals surface area (Å²) in [5, 5.41) is 15.9. The third-order valence-electron chi connectivity index (χ3n) is 2.29. The summed E-state index contributed by atoms with van der Waals surface area (Å²) in [6.07, 6.45) is 2.89. The van der Waals surface area contributed by atoms with Crippen LogP contribution in [0.1, 0.15) is 19.3 Å². The van der Waals surface area contributed by atoms with Gasteiger partial charge in [-0.2, -0.15) is 0 Å². The van der Waals surface area contributed by atoms with E-state index in [0.717, 1.165) is 25.8 Å². The molecule has 0 aromatic rings.